The Hall–Kier alpha value is -0.780. The fourth-order valence-electron chi connectivity index (χ4n) is 2.31. The van der Waals surface area contributed by atoms with Crippen molar-refractivity contribution in [3.8, 4) is 0 Å². The lowest BCUT2D eigenvalue weighted by Gasteiger charge is -2.22. The van der Waals surface area contributed by atoms with E-state index < -0.39 is 11.7 Å². The standard InChI is InChI=1S/C15H20ClF3N2/c1-20(7-8-21(2)12-4-5-12)10-11-3-6-14(16)13(9-11)15(17,18)19/h3,6,9,12H,4-5,7-8,10H2,1-2H3. The zero-order chi connectivity index (χ0) is 15.6. The van der Waals surface area contributed by atoms with Crippen LogP contribution >= 0.6 is 11.6 Å². The molecule has 1 aliphatic carbocycles. The number of alkyl halides is 3. The molecule has 1 aromatic rings. The first-order chi connectivity index (χ1) is 9.77. The second-order valence-electron chi connectivity index (χ2n) is 5.76. The van der Waals surface area contributed by atoms with Crippen LogP contribution in [0.15, 0.2) is 18.2 Å². The van der Waals surface area contributed by atoms with Crippen molar-refractivity contribution < 1.29 is 13.2 Å². The quantitative estimate of drug-likeness (QED) is 0.784. The number of hydrogen-bond donors (Lipinski definition) is 0. The van der Waals surface area contributed by atoms with Crippen LogP contribution in [0.4, 0.5) is 13.2 Å². The highest BCUT2D eigenvalue weighted by molar-refractivity contribution is 6.31. The van der Waals surface area contributed by atoms with Crippen molar-refractivity contribution in [2.24, 2.45) is 0 Å². The summed E-state index contributed by atoms with van der Waals surface area (Å²) in [6.45, 7) is 2.25. The van der Waals surface area contributed by atoms with Gasteiger partial charge in [-0.15, -0.1) is 0 Å². The molecule has 0 aliphatic heterocycles. The number of rotatable bonds is 6. The summed E-state index contributed by atoms with van der Waals surface area (Å²) in [5.74, 6) is 0. The Balaban J connectivity index is 1.92. The van der Waals surface area contributed by atoms with Crippen LogP contribution < -0.4 is 0 Å². The third-order valence-electron chi connectivity index (χ3n) is 3.79. The van der Waals surface area contributed by atoms with Gasteiger partial charge in [-0.25, -0.2) is 0 Å². The summed E-state index contributed by atoms with van der Waals surface area (Å²) in [5, 5.41) is -0.248. The van der Waals surface area contributed by atoms with Crippen molar-refractivity contribution in [1.29, 1.82) is 0 Å². The van der Waals surface area contributed by atoms with Gasteiger partial charge in [0.15, 0.2) is 0 Å². The van der Waals surface area contributed by atoms with Gasteiger partial charge in [0.1, 0.15) is 0 Å². The maximum atomic E-state index is 12.8. The molecule has 1 fully saturated rings. The molecular formula is C15H20ClF3N2. The molecule has 0 spiro atoms. The normalized spacial score (nSPS) is 16.0. The Morgan fingerprint density at radius 2 is 1.86 bits per heavy atom. The Morgan fingerprint density at radius 3 is 2.43 bits per heavy atom. The smallest absolute Gasteiger partial charge is 0.302 e. The molecule has 0 aromatic heterocycles. The summed E-state index contributed by atoms with van der Waals surface area (Å²) in [4.78, 5) is 4.34. The number of nitrogens with zero attached hydrogens (tertiary/aromatic N) is 2. The van der Waals surface area contributed by atoms with E-state index in [1.54, 1.807) is 6.07 Å². The van der Waals surface area contributed by atoms with Gasteiger partial charge in [0.05, 0.1) is 10.6 Å². The fourth-order valence-corrected chi connectivity index (χ4v) is 2.53. The maximum absolute atomic E-state index is 12.8. The SMILES string of the molecule is CN(CCN(C)C1CC1)Cc1ccc(Cl)c(C(F)(F)F)c1. The largest absolute Gasteiger partial charge is 0.417 e. The number of likely N-dealkylation sites (N-methyl/N-ethyl adjacent to an activating group) is 2. The molecule has 0 amide bonds. The van der Waals surface area contributed by atoms with Crippen LogP contribution in [-0.2, 0) is 12.7 Å². The average molecular weight is 321 g/mol. The van der Waals surface area contributed by atoms with E-state index in [0.29, 0.717) is 18.2 Å². The number of benzene rings is 1. The Kier molecular flexibility index (Phi) is 5.17. The molecule has 0 radical (unpaired) electrons. The van der Waals surface area contributed by atoms with E-state index in [0.717, 1.165) is 19.2 Å². The van der Waals surface area contributed by atoms with Gasteiger partial charge in [0.2, 0.25) is 0 Å². The highest BCUT2D eigenvalue weighted by Crippen LogP contribution is 2.35. The van der Waals surface area contributed by atoms with Gasteiger partial charge in [0.25, 0.3) is 0 Å². The molecule has 2 nitrogen and oxygen atoms in total. The van der Waals surface area contributed by atoms with Gasteiger partial charge in [-0.05, 0) is 44.6 Å². The van der Waals surface area contributed by atoms with Crippen LogP contribution in [0.3, 0.4) is 0 Å². The third-order valence-corrected chi connectivity index (χ3v) is 4.12. The van der Waals surface area contributed by atoms with Crippen molar-refractivity contribution in [2.75, 3.05) is 27.2 Å². The molecule has 0 atom stereocenters. The van der Waals surface area contributed by atoms with E-state index in [1.165, 1.54) is 18.9 Å². The zero-order valence-corrected chi connectivity index (χ0v) is 13.0. The first-order valence-corrected chi connectivity index (χ1v) is 7.39. The van der Waals surface area contributed by atoms with Crippen LogP contribution in [0, 0.1) is 0 Å². The fraction of sp³-hybridized carbons (Fsp3) is 0.600. The van der Waals surface area contributed by atoms with E-state index in [9.17, 15) is 13.2 Å². The molecule has 1 aromatic carbocycles. The monoisotopic (exact) mass is 320 g/mol. The predicted molar refractivity (Wildman–Crippen MR) is 78.4 cm³/mol. The molecule has 0 bridgehead atoms. The minimum Gasteiger partial charge on any atom is -0.302 e. The maximum Gasteiger partial charge on any atom is 0.417 e. The Morgan fingerprint density at radius 1 is 1.19 bits per heavy atom. The molecule has 1 saturated carbocycles. The summed E-state index contributed by atoms with van der Waals surface area (Å²) >= 11 is 5.62. The zero-order valence-electron chi connectivity index (χ0n) is 12.3. The van der Waals surface area contributed by atoms with Crippen LogP contribution in [0.25, 0.3) is 0 Å². The predicted octanol–water partition coefficient (Wildman–Crippen LogP) is 3.88. The minimum atomic E-state index is -4.40. The highest BCUT2D eigenvalue weighted by Gasteiger charge is 2.33. The van der Waals surface area contributed by atoms with E-state index in [-0.39, 0.29) is 5.02 Å². The van der Waals surface area contributed by atoms with Gasteiger partial charge in [-0.2, -0.15) is 13.2 Å². The summed E-state index contributed by atoms with van der Waals surface area (Å²) in [6.07, 6.45) is -1.89. The minimum absolute atomic E-state index is 0.248. The van der Waals surface area contributed by atoms with Crippen molar-refractivity contribution >= 4 is 11.6 Å². The molecule has 0 heterocycles. The van der Waals surface area contributed by atoms with Crippen LogP contribution in [0.1, 0.15) is 24.0 Å². The van der Waals surface area contributed by atoms with Crippen LogP contribution in [-0.4, -0.2) is 43.0 Å². The summed E-state index contributed by atoms with van der Waals surface area (Å²) in [7, 11) is 4.01. The van der Waals surface area contributed by atoms with Crippen molar-refractivity contribution in [3.05, 3.63) is 34.3 Å². The second-order valence-corrected chi connectivity index (χ2v) is 6.17. The lowest BCUT2D eigenvalue weighted by molar-refractivity contribution is -0.137. The second kappa shape index (κ2) is 6.55. The van der Waals surface area contributed by atoms with Crippen molar-refractivity contribution in [1.82, 2.24) is 9.80 Å². The average Bonchev–Trinajstić information content (AvgIpc) is 3.21. The molecule has 118 valence electrons. The molecule has 0 saturated heterocycles. The molecule has 1 aliphatic rings. The van der Waals surface area contributed by atoms with Crippen LogP contribution in [0.5, 0.6) is 0 Å². The van der Waals surface area contributed by atoms with E-state index in [2.05, 4.69) is 11.9 Å². The van der Waals surface area contributed by atoms with Crippen LogP contribution in [0.2, 0.25) is 5.02 Å². The van der Waals surface area contributed by atoms with E-state index >= 15 is 0 Å². The Labute approximate surface area is 128 Å². The van der Waals surface area contributed by atoms with Gasteiger partial charge in [-0.1, -0.05) is 17.7 Å². The Bertz CT molecular complexity index is 486. The molecule has 21 heavy (non-hydrogen) atoms. The van der Waals surface area contributed by atoms with E-state index in [1.807, 2.05) is 11.9 Å². The lowest BCUT2D eigenvalue weighted by Crippen LogP contribution is -2.31. The molecule has 6 heteroatoms. The topological polar surface area (TPSA) is 6.48 Å². The molecular weight excluding hydrogens is 301 g/mol. The molecule has 0 unspecified atom stereocenters. The van der Waals surface area contributed by atoms with Gasteiger partial charge < -0.3 is 9.80 Å². The van der Waals surface area contributed by atoms with Gasteiger partial charge in [-0.3, -0.25) is 0 Å². The summed E-state index contributed by atoms with van der Waals surface area (Å²) in [5.41, 5.74) is -0.131. The van der Waals surface area contributed by atoms with Crippen molar-refractivity contribution in [2.45, 2.75) is 31.6 Å². The van der Waals surface area contributed by atoms with Crippen molar-refractivity contribution in [3.63, 3.8) is 0 Å². The number of halogens is 4. The first-order valence-electron chi connectivity index (χ1n) is 7.02. The first kappa shape index (κ1) is 16.6. The summed E-state index contributed by atoms with van der Waals surface area (Å²) in [6, 6.07) is 4.82. The lowest BCUT2D eigenvalue weighted by atomic mass is 10.1. The van der Waals surface area contributed by atoms with E-state index in [4.69, 9.17) is 11.6 Å². The molecule has 0 N–H and O–H groups in total. The molecule has 2 rings (SSSR count). The number of hydrogen-bond acceptors (Lipinski definition) is 2. The highest BCUT2D eigenvalue weighted by atomic mass is 35.5. The third kappa shape index (κ3) is 4.87. The summed E-state index contributed by atoms with van der Waals surface area (Å²) < 4.78 is 38.4. The van der Waals surface area contributed by atoms with Gasteiger partial charge >= 0.3 is 6.18 Å². The van der Waals surface area contributed by atoms with Gasteiger partial charge in [0, 0.05) is 25.7 Å².